The molecule has 0 spiro atoms. The number of aromatic hydroxyl groups is 1. The van der Waals surface area contributed by atoms with E-state index in [1.165, 1.54) is 41.3 Å². The molecule has 0 bridgehead atoms. The van der Waals surface area contributed by atoms with Crippen LogP contribution in [-0.4, -0.2) is 75.2 Å². The Bertz CT molecular complexity index is 1940. The number of amides is 1. The van der Waals surface area contributed by atoms with E-state index in [-0.39, 0.29) is 74.3 Å². The molecule has 0 aromatic heterocycles. The Kier molecular flexibility index (Phi) is 13.6. The van der Waals surface area contributed by atoms with Crippen LogP contribution >= 0.6 is 0 Å². The molecule has 0 saturated heterocycles. The topological polar surface area (TPSA) is 173 Å². The molecule has 13 nitrogen and oxygen atoms in total. The smallest absolute Gasteiger partial charge is 0.416 e. The molecule has 6 atom stereocenters. The lowest BCUT2D eigenvalue weighted by Gasteiger charge is -2.59. The van der Waals surface area contributed by atoms with Gasteiger partial charge in [0.2, 0.25) is 5.79 Å². The molecular weight excluding hydrogens is 737 g/mol. The van der Waals surface area contributed by atoms with Gasteiger partial charge in [-0.2, -0.15) is 0 Å². The first-order chi connectivity index (χ1) is 27.6. The van der Waals surface area contributed by atoms with Crippen LogP contribution in [0.1, 0.15) is 68.9 Å². The zero-order chi connectivity index (χ0) is 40.5. The number of unbranched alkanes of at least 4 members (excludes halogenated alkanes) is 2. The lowest BCUT2D eigenvalue weighted by Crippen LogP contribution is -2.70. The third kappa shape index (κ3) is 8.98. The van der Waals surface area contributed by atoms with E-state index in [1.807, 2.05) is 6.92 Å². The second-order valence-corrected chi connectivity index (χ2v) is 14.6. The van der Waals surface area contributed by atoms with E-state index in [2.05, 4.69) is 17.8 Å². The largest absolute Gasteiger partial charge is 0.508 e. The Labute approximate surface area is 331 Å². The molecule has 304 valence electrons. The van der Waals surface area contributed by atoms with Crippen molar-refractivity contribution in [3.8, 4) is 17.2 Å². The average Bonchev–Trinajstić information content (AvgIpc) is 3.20. The molecular formula is C43H50FN3O10. The van der Waals surface area contributed by atoms with E-state index in [4.69, 9.17) is 19.0 Å². The summed E-state index contributed by atoms with van der Waals surface area (Å²) < 4.78 is 34.1. The van der Waals surface area contributed by atoms with Gasteiger partial charge in [0.25, 0.3) is 5.69 Å². The maximum atomic E-state index is 14.7. The van der Waals surface area contributed by atoms with Crippen molar-refractivity contribution in [2.45, 2.75) is 76.2 Å². The van der Waals surface area contributed by atoms with Crippen LogP contribution in [-0.2, 0) is 16.1 Å². The van der Waals surface area contributed by atoms with Crippen LogP contribution in [0.15, 0.2) is 96.2 Å². The SMILES string of the molecule is C=CCO[C@@]12Oc3ccc(O)cc3[C@H]3[C@H](CCCCO)[C@@H](CCCCO)C=C(C(=NOCC)C[C@@H]1N(Cc1ccc(F)cc1)C(=O)Oc1ccc([N+](=O)[O-])cc1)[C@H]32. The highest BCUT2D eigenvalue weighted by atomic mass is 19.1. The van der Waals surface area contributed by atoms with Gasteiger partial charge >= 0.3 is 6.09 Å². The van der Waals surface area contributed by atoms with Crippen LogP contribution in [0.4, 0.5) is 14.9 Å². The summed E-state index contributed by atoms with van der Waals surface area (Å²) in [4.78, 5) is 32.7. The number of halogens is 1. The molecule has 6 rings (SSSR count). The van der Waals surface area contributed by atoms with Crippen LogP contribution in [0.25, 0.3) is 0 Å². The number of nitro groups is 1. The third-order valence-electron chi connectivity index (χ3n) is 11.1. The number of non-ortho nitro benzene ring substituents is 1. The zero-order valence-electron chi connectivity index (χ0n) is 32.0. The van der Waals surface area contributed by atoms with Gasteiger partial charge in [-0.1, -0.05) is 42.3 Å². The number of phenolic OH excluding ortho intramolecular Hbond substituents is 1. The number of oxime groups is 1. The van der Waals surface area contributed by atoms with E-state index >= 15 is 0 Å². The molecule has 1 aliphatic heterocycles. The van der Waals surface area contributed by atoms with Gasteiger partial charge in [0.1, 0.15) is 35.7 Å². The standard InChI is InChI=1S/C43H50FN3O10/c1-3-23-54-43-39(46(27-28-11-13-30(44)14-12-28)42(51)56-33-18-15-31(16-19-33)47(52)53)26-37(45-55-4-2)35-24-29(9-5-7-21-48)34(10-6-8-22-49)40(41(35)43)36-25-32(50)17-20-38(36)57-43/h3,11-20,24-25,29,34,39-41,48-50H,1,4-10,21-23,26-27H2,2H3/t29-,34+,39-,40+,41+,43+/m0/s1. The van der Waals surface area contributed by atoms with Gasteiger partial charge in [0.15, 0.2) is 0 Å². The molecule has 1 fully saturated rings. The number of carbonyl (C=O) groups excluding carboxylic acids is 1. The number of nitro benzene ring substituents is 1. The van der Waals surface area contributed by atoms with Crippen molar-refractivity contribution < 1.29 is 48.5 Å². The number of fused-ring (bicyclic) bond motifs is 2. The molecule has 1 saturated carbocycles. The molecule has 1 amide bonds. The number of allylic oxidation sites excluding steroid dienone is 1. The molecule has 57 heavy (non-hydrogen) atoms. The molecule has 3 aromatic rings. The minimum atomic E-state index is -1.61. The number of carbonyl (C=O) groups is 1. The number of aliphatic hydroxyl groups is 2. The minimum absolute atomic E-state index is 0.00249. The van der Waals surface area contributed by atoms with Crippen LogP contribution in [0.3, 0.4) is 0 Å². The van der Waals surface area contributed by atoms with Gasteiger partial charge in [-0.3, -0.25) is 15.0 Å². The third-order valence-corrected chi connectivity index (χ3v) is 11.1. The van der Waals surface area contributed by atoms with E-state index in [1.54, 1.807) is 36.4 Å². The number of nitrogens with zero attached hydrogens (tertiary/aromatic N) is 3. The lowest BCUT2D eigenvalue weighted by molar-refractivity contribution is -0.384. The number of hydrogen-bond donors (Lipinski definition) is 3. The van der Waals surface area contributed by atoms with Crippen molar-refractivity contribution in [2.24, 2.45) is 22.9 Å². The Morgan fingerprint density at radius 3 is 2.46 bits per heavy atom. The lowest BCUT2D eigenvalue weighted by atomic mass is 9.55. The summed E-state index contributed by atoms with van der Waals surface area (Å²) >= 11 is 0. The van der Waals surface area contributed by atoms with Crippen molar-refractivity contribution in [2.75, 3.05) is 26.4 Å². The number of benzene rings is 3. The highest BCUT2D eigenvalue weighted by Crippen LogP contribution is 2.62. The van der Waals surface area contributed by atoms with Gasteiger partial charge in [0, 0.05) is 49.8 Å². The average molecular weight is 788 g/mol. The summed E-state index contributed by atoms with van der Waals surface area (Å²) in [6.07, 6.45) is 7.24. The molecule has 2 aliphatic carbocycles. The van der Waals surface area contributed by atoms with Gasteiger partial charge in [-0.05, 0) is 98.0 Å². The second-order valence-electron chi connectivity index (χ2n) is 14.6. The summed E-state index contributed by atoms with van der Waals surface area (Å²) in [5, 5.41) is 46.5. The molecule has 0 radical (unpaired) electrons. The second kappa shape index (κ2) is 18.8. The highest BCUT2D eigenvalue weighted by Gasteiger charge is 2.65. The molecule has 3 aliphatic rings. The first-order valence-electron chi connectivity index (χ1n) is 19.5. The molecule has 14 heteroatoms. The first-order valence-corrected chi connectivity index (χ1v) is 19.5. The van der Waals surface area contributed by atoms with Crippen LogP contribution in [0.2, 0.25) is 0 Å². The van der Waals surface area contributed by atoms with E-state index < -0.39 is 34.6 Å². The van der Waals surface area contributed by atoms with Gasteiger partial charge in [-0.15, -0.1) is 6.58 Å². The quantitative estimate of drug-likeness (QED) is 0.0500. The van der Waals surface area contributed by atoms with Crippen molar-refractivity contribution >= 4 is 17.5 Å². The normalized spacial score (nSPS) is 24.0. The first kappa shape index (κ1) is 41.3. The van der Waals surface area contributed by atoms with E-state index in [0.29, 0.717) is 36.3 Å². The Morgan fingerprint density at radius 1 is 1.07 bits per heavy atom. The van der Waals surface area contributed by atoms with Crippen LogP contribution in [0.5, 0.6) is 17.2 Å². The van der Waals surface area contributed by atoms with Crippen LogP contribution < -0.4 is 9.47 Å². The van der Waals surface area contributed by atoms with E-state index in [9.17, 15) is 34.6 Å². The number of phenols is 1. The summed E-state index contributed by atoms with van der Waals surface area (Å²) in [6.45, 7) is 6.06. The molecule has 3 N–H and O–H groups in total. The number of rotatable bonds is 18. The molecule has 0 unspecified atom stereocenters. The predicted molar refractivity (Wildman–Crippen MR) is 209 cm³/mol. The van der Waals surface area contributed by atoms with Crippen molar-refractivity contribution in [1.29, 1.82) is 0 Å². The number of hydrogen-bond acceptors (Lipinski definition) is 11. The van der Waals surface area contributed by atoms with Gasteiger partial charge in [0.05, 0.1) is 23.2 Å². The van der Waals surface area contributed by atoms with Crippen molar-refractivity contribution in [3.63, 3.8) is 0 Å². The summed E-state index contributed by atoms with van der Waals surface area (Å²) in [5.41, 5.74) is 2.55. The van der Waals surface area contributed by atoms with Crippen LogP contribution in [0, 0.1) is 33.7 Å². The highest BCUT2D eigenvalue weighted by molar-refractivity contribution is 6.03. The van der Waals surface area contributed by atoms with Crippen molar-refractivity contribution in [3.05, 3.63) is 118 Å². The molecule has 1 heterocycles. The summed E-state index contributed by atoms with van der Waals surface area (Å²) in [5.74, 6) is -2.51. The fourth-order valence-corrected chi connectivity index (χ4v) is 8.68. The summed E-state index contributed by atoms with van der Waals surface area (Å²) in [6, 6.07) is 14.9. The Morgan fingerprint density at radius 2 is 1.79 bits per heavy atom. The van der Waals surface area contributed by atoms with Crippen molar-refractivity contribution in [1.82, 2.24) is 4.90 Å². The maximum Gasteiger partial charge on any atom is 0.416 e. The Hall–Kier alpha value is -5.31. The Balaban J connectivity index is 1.57. The van der Waals surface area contributed by atoms with E-state index in [0.717, 1.165) is 30.4 Å². The predicted octanol–water partition coefficient (Wildman–Crippen LogP) is 7.79. The maximum absolute atomic E-state index is 14.7. The van der Waals surface area contributed by atoms with Gasteiger partial charge in [-0.25, -0.2) is 9.18 Å². The fraction of sp³-hybridized carbons (Fsp3) is 0.442. The minimum Gasteiger partial charge on any atom is -0.508 e. The molecule has 3 aromatic carbocycles. The number of aliphatic hydroxyl groups excluding tert-OH is 2. The van der Waals surface area contributed by atoms with Gasteiger partial charge < -0.3 is 34.4 Å². The monoisotopic (exact) mass is 787 g/mol. The summed E-state index contributed by atoms with van der Waals surface area (Å²) in [7, 11) is 0. The number of ether oxygens (including phenoxy) is 3. The zero-order valence-corrected chi connectivity index (χ0v) is 32.0. The fourth-order valence-electron chi connectivity index (χ4n) is 8.68.